The Morgan fingerprint density at radius 3 is 2.58 bits per heavy atom. The number of fused-ring (bicyclic) bond motifs is 5. The quantitative estimate of drug-likeness (QED) is 0.839. The Bertz CT molecular complexity index is 608. The summed E-state index contributed by atoms with van der Waals surface area (Å²) < 4.78 is 5.95. The lowest BCUT2D eigenvalue weighted by Crippen LogP contribution is -2.61. The van der Waals surface area contributed by atoms with Crippen LogP contribution in [-0.2, 0) is 14.3 Å². The third-order valence-corrected chi connectivity index (χ3v) is 8.90. The van der Waals surface area contributed by atoms with Crippen LogP contribution in [0.4, 0.5) is 0 Å². The molecule has 2 amide bonds. The van der Waals surface area contributed by atoms with Gasteiger partial charge in [-0.3, -0.25) is 9.59 Å². The zero-order valence-electron chi connectivity index (χ0n) is 16.5. The van der Waals surface area contributed by atoms with E-state index in [9.17, 15) is 9.59 Å². The van der Waals surface area contributed by atoms with Crippen molar-refractivity contribution in [2.45, 2.75) is 77.4 Å². The molecule has 1 heterocycles. The molecule has 1 aliphatic heterocycles. The fourth-order valence-corrected chi connectivity index (χ4v) is 7.56. The Kier molecular flexibility index (Phi) is 4.37. The van der Waals surface area contributed by atoms with E-state index in [1.54, 1.807) is 0 Å². The van der Waals surface area contributed by atoms with Crippen molar-refractivity contribution in [2.75, 3.05) is 13.7 Å². The summed E-state index contributed by atoms with van der Waals surface area (Å²) in [5, 5.41) is 0. The lowest BCUT2D eigenvalue weighted by atomic mass is 9.47. The predicted octanol–water partition coefficient (Wildman–Crippen LogP) is 2.72. The highest BCUT2D eigenvalue weighted by atomic mass is 16.5. The Hall–Kier alpha value is -1.10. The lowest BCUT2D eigenvalue weighted by molar-refractivity contribution is -0.162. The third-order valence-electron chi connectivity index (χ3n) is 8.90. The third kappa shape index (κ3) is 2.53. The van der Waals surface area contributed by atoms with Gasteiger partial charge in [0.25, 0.3) is 0 Å². The minimum atomic E-state index is -0.367. The molecule has 0 bridgehead atoms. The van der Waals surface area contributed by atoms with Crippen molar-refractivity contribution in [3.8, 4) is 0 Å². The first-order valence-electron chi connectivity index (χ1n) is 10.4. The minimum Gasteiger partial charge on any atom is -0.368 e. The van der Waals surface area contributed by atoms with Gasteiger partial charge in [-0.2, -0.15) is 0 Å². The molecule has 5 heteroatoms. The van der Waals surface area contributed by atoms with Crippen LogP contribution in [0.25, 0.3) is 0 Å². The molecule has 0 aromatic carbocycles. The molecule has 3 unspecified atom stereocenters. The van der Waals surface area contributed by atoms with E-state index in [2.05, 4.69) is 18.7 Å². The number of nitrogens with zero attached hydrogens (tertiary/aromatic N) is 1. The Balaban J connectivity index is 1.55. The van der Waals surface area contributed by atoms with E-state index in [-0.39, 0.29) is 29.4 Å². The molecule has 1 saturated heterocycles. The van der Waals surface area contributed by atoms with Crippen molar-refractivity contribution in [1.82, 2.24) is 4.90 Å². The van der Waals surface area contributed by atoms with Crippen molar-refractivity contribution in [2.24, 2.45) is 34.3 Å². The van der Waals surface area contributed by atoms with E-state index in [4.69, 9.17) is 10.5 Å². The molecule has 146 valence electrons. The van der Waals surface area contributed by atoms with Gasteiger partial charge in [0.1, 0.15) is 6.61 Å². The van der Waals surface area contributed by atoms with Crippen molar-refractivity contribution < 1.29 is 14.3 Å². The highest BCUT2D eigenvalue weighted by molar-refractivity contribution is 5.77. The lowest BCUT2D eigenvalue weighted by Gasteiger charge is -2.61. The van der Waals surface area contributed by atoms with Crippen LogP contribution in [0.15, 0.2) is 0 Å². The molecule has 2 N–H and O–H groups in total. The summed E-state index contributed by atoms with van der Waals surface area (Å²) in [7, 11) is 2.01. The van der Waals surface area contributed by atoms with Gasteiger partial charge in [0, 0.05) is 19.5 Å². The van der Waals surface area contributed by atoms with Crippen molar-refractivity contribution in [1.29, 1.82) is 0 Å². The van der Waals surface area contributed by atoms with Crippen LogP contribution in [0.1, 0.15) is 65.2 Å². The van der Waals surface area contributed by atoms with Gasteiger partial charge in [0.2, 0.25) is 11.8 Å². The standard InChI is InChI=1S/C21H34N2O3/c1-20-11-9-19(25)23(3)16(20)6-4-13-14-5-7-17(26-12-18(22)24)21(14,2)10-8-15(13)20/h13-17H,4-12H2,1-3H3,(H2,22,24)/t13?,14?,15?,16-,17+,20-,21+/m1/s1. The van der Waals surface area contributed by atoms with Crippen LogP contribution in [0, 0.1) is 28.6 Å². The second kappa shape index (κ2) is 6.22. The van der Waals surface area contributed by atoms with Crippen molar-refractivity contribution in [3.63, 3.8) is 0 Å². The number of amides is 2. The summed E-state index contributed by atoms with van der Waals surface area (Å²) in [5.74, 6) is 2.09. The molecule has 0 aromatic rings. The summed E-state index contributed by atoms with van der Waals surface area (Å²) in [4.78, 5) is 25.5. The molecule has 5 nitrogen and oxygen atoms in total. The SMILES string of the molecule is CN1C(=O)CC[C@]2(C)C3CC[C@@]4(C)C(CC[C@@H]4OCC(N)=O)C3CC[C@@H]12. The molecule has 4 fully saturated rings. The molecule has 26 heavy (non-hydrogen) atoms. The van der Waals surface area contributed by atoms with Crippen molar-refractivity contribution in [3.05, 3.63) is 0 Å². The maximum absolute atomic E-state index is 12.2. The first-order valence-corrected chi connectivity index (χ1v) is 10.4. The molecule has 7 atom stereocenters. The topological polar surface area (TPSA) is 72.6 Å². The van der Waals surface area contributed by atoms with E-state index in [0.29, 0.717) is 30.2 Å². The second-order valence-corrected chi connectivity index (χ2v) is 9.87. The Labute approximate surface area is 157 Å². The van der Waals surface area contributed by atoms with Crippen LogP contribution in [0.3, 0.4) is 0 Å². The van der Waals surface area contributed by atoms with Crippen LogP contribution in [0.5, 0.6) is 0 Å². The highest BCUT2D eigenvalue weighted by Gasteiger charge is 2.61. The average molecular weight is 363 g/mol. The van der Waals surface area contributed by atoms with Crippen molar-refractivity contribution >= 4 is 11.8 Å². The summed E-state index contributed by atoms with van der Waals surface area (Å²) in [6.07, 6.45) is 8.94. The normalized spacial score (nSPS) is 47.9. The van der Waals surface area contributed by atoms with Gasteiger partial charge in [0.05, 0.1) is 6.10 Å². The van der Waals surface area contributed by atoms with Gasteiger partial charge < -0.3 is 15.4 Å². The fraction of sp³-hybridized carbons (Fsp3) is 0.905. The van der Waals surface area contributed by atoms with Crippen LogP contribution in [0.2, 0.25) is 0 Å². The average Bonchev–Trinajstić information content (AvgIpc) is 2.93. The van der Waals surface area contributed by atoms with Crippen LogP contribution >= 0.6 is 0 Å². The molecular formula is C21H34N2O3. The molecule has 3 aliphatic carbocycles. The number of carbonyl (C=O) groups excluding carboxylic acids is 2. The fourth-order valence-electron chi connectivity index (χ4n) is 7.56. The van der Waals surface area contributed by atoms with Gasteiger partial charge in [-0.15, -0.1) is 0 Å². The number of hydrogen-bond acceptors (Lipinski definition) is 3. The monoisotopic (exact) mass is 362 g/mol. The summed E-state index contributed by atoms with van der Waals surface area (Å²) >= 11 is 0. The number of rotatable bonds is 3. The number of carbonyl (C=O) groups is 2. The molecule has 0 radical (unpaired) electrons. The number of likely N-dealkylation sites (tertiary alicyclic amines) is 1. The second-order valence-electron chi connectivity index (χ2n) is 9.87. The highest BCUT2D eigenvalue weighted by Crippen LogP contribution is 2.65. The summed E-state index contributed by atoms with van der Waals surface area (Å²) in [6.45, 7) is 4.89. The minimum absolute atomic E-state index is 0.0494. The maximum atomic E-state index is 12.2. The van der Waals surface area contributed by atoms with E-state index in [0.717, 1.165) is 25.2 Å². The number of ether oxygens (including phenoxy) is 1. The van der Waals surface area contributed by atoms with Crippen LogP contribution < -0.4 is 5.73 Å². The predicted molar refractivity (Wildman–Crippen MR) is 99.1 cm³/mol. The zero-order valence-corrected chi connectivity index (χ0v) is 16.5. The van der Waals surface area contributed by atoms with Crippen LogP contribution in [-0.4, -0.2) is 42.5 Å². The molecule has 3 saturated carbocycles. The smallest absolute Gasteiger partial charge is 0.243 e. The summed E-state index contributed by atoms with van der Waals surface area (Å²) in [6, 6.07) is 0.415. The zero-order chi connectivity index (χ0) is 18.7. The number of hydrogen-bond donors (Lipinski definition) is 1. The molecule has 0 spiro atoms. The van der Waals surface area contributed by atoms with Gasteiger partial charge in [0.15, 0.2) is 0 Å². The van der Waals surface area contributed by atoms with E-state index >= 15 is 0 Å². The Morgan fingerprint density at radius 2 is 1.85 bits per heavy atom. The van der Waals surface area contributed by atoms with Gasteiger partial charge in [-0.05, 0) is 73.5 Å². The summed E-state index contributed by atoms with van der Waals surface area (Å²) in [5.41, 5.74) is 5.75. The molecule has 4 aliphatic rings. The molecule has 4 rings (SSSR count). The maximum Gasteiger partial charge on any atom is 0.243 e. The largest absolute Gasteiger partial charge is 0.368 e. The molecular weight excluding hydrogens is 328 g/mol. The number of piperidine rings is 1. The number of nitrogens with two attached hydrogens (primary N) is 1. The van der Waals surface area contributed by atoms with E-state index < -0.39 is 0 Å². The Morgan fingerprint density at radius 1 is 1.12 bits per heavy atom. The van der Waals surface area contributed by atoms with E-state index in [1.165, 1.54) is 25.7 Å². The number of primary amides is 1. The van der Waals surface area contributed by atoms with Gasteiger partial charge in [-0.1, -0.05) is 13.8 Å². The first kappa shape index (κ1) is 18.3. The molecule has 0 aromatic heterocycles. The van der Waals surface area contributed by atoms with Gasteiger partial charge >= 0.3 is 0 Å². The van der Waals surface area contributed by atoms with E-state index in [1.807, 2.05) is 7.05 Å². The first-order chi connectivity index (χ1) is 12.3. The van der Waals surface area contributed by atoms with Gasteiger partial charge in [-0.25, -0.2) is 0 Å².